The van der Waals surface area contributed by atoms with Gasteiger partial charge < -0.3 is 14.9 Å². The van der Waals surface area contributed by atoms with E-state index >= 15 is 4.39 Å². The first-order valence-corrected chi connectivity index (χ1v) is 12.7. The van der Waals surface area contributed by atoms with Crippen molar-refractivity contribution in [3.05, 3.63) is 59.7 Å². The third-order valence-electron chi connectivity index (χ3n) is 10.0. The summed E-state index contributed by atoms with van der Waals surface area (Å²) in [5.41, 5.74) is -5.06. The van der Waals surface area contributed by atoms with Gasteiger partial charge in [0.05, 0.1) is 11.7 Å². The molecule has 0 heterocycles. The van der Waals surface area contributed by atoms with Gasteiger partial charge in [-0.3, -0.25) is 9.59 Å². The molecule has 0 aromatic heterocycles. The van der Waals surface area contributed by atoms with Crippen molar-refractivity contribution in [1.29, 1.82) is 0 Å². The number of allylic oxidation sites excluding steroid dienone is 4. The number of ketones is 2. The maximum absolute atomic E-state index is 17.4. The summed E-state index contributed by atoms with van der Waals surface area (Å²) in [4.78, 5) is 38.8. The lowest BCUT2D eigenvalue weighted by Crippen LogP contribution is -2.70. The third-order valence-corrected chi connectivity index (χ3v) is 10.0. The Morgan fingerprint density at radius 1 is 1.17 bits per heavy atom. The van der Waals surface area contributed by atoms with Crippen LogP contribution < -0.4 is 0 Å². The molecular weight excluding hydrogens is 463 g/mol. The molecule has 3 fully saturated rings. The van der Waals surface area contributed by atoms with Crippen LogP contribution in [-0.2, 0) is 14.3 Å². The highest BCUT2D eigenvalue weighted by Gasteiger charge is 2.77. The Morgan fingerprint density at radius 3 is 2.53 bits per heavy atom. The highest BCUT2D eigenvalue weighted by Crippen LogP contribution is 2.71. The fourth-order valence-electron chi connectivity index (χ4n) is 8.30. The lowest BCUT2D eigenvalue weighted by Gasteiger charge is -2.62. The average Bonchev–Trinajstić information content (AvgIpc) is 3.07. The molecule has 0 spiro atoms. The summed E-state index contributed by atoms with van der Waals surface area (Å²) in [5.74, 6) is -3.01. The molecule has 0 aliphatic heterocycles. The zero-order valence-electron chi connectivity index (χ0n) is 20.9. The molecule has 4 unspecified atom stereocenters. The molecule has 192 valence electrons. The monoisotopic (exact) mass is 496 g/mol. The van der Waals surface area contributed by atoms with E-state index < -0.39 is 58.4 Å². The molecule has 0 amide bonds. The van der Waals surface area contributed by atoms with E-state index in [1.165, 1.54) is 12.2 Å². The quantitative estimate of drug-likeness (QED) is 0.616. The van der Waals surface area contributed by atoms with Crippen LogP contribution in [0.2, 0.25) is 0 Å². The van der Waals surface area contributed by atoms with Gasteiger partial charge in [-0.2, -0.15) is 0 Å². The zero-order chi connectivity index (χ0) is 26.1. The van der Waals surface area contributed by atoms with Crippen molar-refractivity contribution in [3.8, 4) is 0 Å². The summed E-state index contributed by atoms with van der Waals surface area (Å²) >= 11 is 0. The van der Waals surface area contributed by atoms with Gasteiger partial charge in [0, 0.05) is 22.7 Å². The molecular formula is C29H33FO6. The molecule has 0 radical (unpaired) electrons. The number of hydrogen-bond acceptors (Lipinski definition) is 6. The summed E-state index contributed by atoms with van der Waals surface area (Å²) in [6.07, 6.45) is 4.16. The van der Waals surface area contributed by atoms with E-state index in [9.17, 15) is 24.6 Å². The number of Topliss-reactive ketones (excluding diaryl/α,β-unsaturated/α-hetero) is 1. The molecule has 4 aliphatic rings. The van der Waals surface area contributed by atoms with E-state index in [0.29, 0.717) is 24.8 Å². The minimum absolute atomic E-state index is 0.118. The van der Waals surface area contributed by atoms with Crippen LogP contribution in [0.4, 0.5) is 4.39 Å². The number of carbonyl (C=O) groups excluding carboxylic acids is 3. The summed E-state index contributed by atoms with van der Waals surface area (Å²) < 4.78 is 23.4. The lowest BCUT2D eigenvalue weighted by atomic mass is 9.44. The number of rotatable bonds is 4. The number of hydrogen-bond donors (Lipinski definition) is 2. The number of carbonyl (C=O) groups is 3. The van der Waals surface area contributed by atoms with Crippen molar-refractivity contribution in [2.75, 3.05) is 6.61 Å². The second-order valence-electron chi connectivity index (χ2n) is 11.5. The highest BCUT2D eigenvalue weighted by atomic mass is 19.1. The first kappa shape index (κ1) is 25.0. The number of fused-ring (bicyclic) bond motifs is 5. The van der Waals surface area contributed by atoms with Crippen LogP contribution in [0, 0.1) is 28.6 Å². The fraction of sp³-hybridized carbons (Fsp3) is 0.552. The van der Waals surface area contributed by atoms with E-state index in [1.54, 1.807) is 57.2 Å². The minimum atomic E-state index is -2.06. The molecule has 5 rings (SSSR count). The maximum atomic E-state index is 17.4. The van der Waals surface area contributed by atoms with Crippen LogP contribution >= 0.6 is 0 Å². The molecule has 36 heavy (non-hydrogen) atoms. The molecule has 0 bridgehead atoms. The Bertz CT molecular complexity index is 1180. The Hall–Kier alpha value is -2.64. The standard InChI is InChI=1S/C29H33FO6/c1-17-13-22-21-10-9-19-14-20(32)11-12-26(19,2)28(21,30)23(33)15-27(22,3)29(17,24(34)16-31)36-25(35)18-7-5-4-6-8-18/h4-8,11-12,14,17,21-23,31,33H,9-10,13,15-16H2,1-3H3/t17?,21?,22?,23?,26-,27-,28-,29-/m0/s1. The molecule has 7 heteroatoms. The predicted octanol–water partition coefficient (Wildman–Crippen LogP) is 3.76. The summed E-state index contributed by atoms with van der Waals surface area (Å²) in [6, 6.07) is 8.33. The van der Waals surface area contributed by atoms with E-state index in [2.05, 4.69) is 0 Å². The van der Waals surface area contributed by atoms with Crippen molar-refractivity contribution >= 4 is 17.5 Å². The van der Waals surface area contributed by atoms with Gasteiger partial charge in [0.2, 0.25) is 5.78 Å². The van der Waals surface area contributed by atoms with E-state index in [0.717, 1.165) is 0 Å². The number of benzene rings is 1. The Morgan fingerprint density at radius 2 is 1.86 bits per heavy atom. The Balaban J connectivity index is 1.61. The lowest BCUT2D eigenvalue weighted by molar-refractivity contribution is -0.219. The zero-order valence-corrected chi connectivity index (χ0v) is 20.9. The van der Waals surface area contributed by atoms with Crippen molar-refractivity contribution in [3.63, 3.8) is 0 Å². The van der Waals surface area contributed by atoms with Gasteiger partial charge in [0.1, 0.15) is 6.61 Å². The maximum Gasteiger partial charge on any atom is 0.339 e. The molecule has 2 N–H and O–H groups in total. The van der Waals surface area contributed by atoms with Gasteiger partial charge in [-0.15, -0.1) is 0 Å². The van der Waals surface area contributed by atoms with Crippen molar-refractivity contribution < 1.29 is 33.7 Å². The first-order chi connectivity index (χ1) is 17.0. The summed E-state index contributed by atoms with van der Waals surface area (Å²) in [5, 5.41) is 21.5. The van der Waals surface area contributed by atoms with E-state index in [-0.39, 0.29) is 23.7 Å². The molecule has 6 nitrogen and oxygen atoms in total. The SMILES string of the molecule is CC1CC2C3CCC4=CC(=O)C=C[C@]4(C)[C@@]3(F)C(O)C[C@]2(C)[C@@]1(OC(=O)c1ccccc1)C(=O)CO. The number of ether oxygens (including phenoxy) is 1. The Kier molecular flexibility index (Phi) is 5.69. The second kappa shape index (κ2) is 8.18. The number of aliphatic hydroxyl groups is 2. The number of esters is 1. The van der Waals surface area contributed by atoms with Gasteiger partial charge in [-0.25, -0.2) is 9.18 Å². The molecule has 8 atom stereocenters. The van der Waals surface area contributed by atoms with E-state index in [4.69, 9.17) is 4.74 Å². The summed E-state index contributed by atoms with van der Waals surface area (Å²) in [6.45, 7) is 4.51. The third kappa shape index (κ3) is 2.99. The number of alkyl halides is 1. The largest absolute Gasteiger partial charge is 0.446 e. The molecule has 3 saturated carbocycles. The van der Waals surface area contributed by atoms with Gasteiger partial charge in [0.15, 0.2) is 17.1 Å². The van der Waals surface area contributed by atoms with E-state index in [1.807, 2.05) is 0 Å². The minimum Gasteiger partial charge on any atom is -0.446 e. The molecule has 1 aromatic rings. The highest BCUT2D eigenvalue weighted by molar-refractivity contribution is 6.01. The topological polar surface area (TPSA) is 101 Å². The Labute approximate surface area is 210 Å². The van der Waals surface area contributed by atoms with Crippen LogP contribution in [0.15, 0.2) is 54.1 Å². The van der Waals surface area contributed by atoms with Gasteiger partial charge >= 0.3 is 5.97 Å². The number of halogens is 1. The average molecular weight is 497 g/mol. The van der Waals surface area contributed by atoms with Crippen molar-refractivity contribution in [2.24, 2.45) is 28.6 Å². The van der Waals surface area contributed by atoms with Crippen LogP contribution in [0.3, 0.4) is 0 Å². The second-order valence-corrected chi connectivity index (χ2v) is 11.5. The van der Waals surface area contributed by atoms with Gasteiger partial charge in [0.25, 0.3) is 0 Å². The first-order valence-electron chi connectivity index (χ1n) is 12.7. The van der Waals surface area contributed by atoms with Crippen LogP contribution in [0.5, 0.6) is 0 Å². The molecule has 0 saturated heterocycles. The van der Waals surface area contributed by atoms with Crippen LogP contribution in [0.25, 0.3) is 0 Å². The normalized spacial score (nSPS) is 43.2. The van der Waals surface area contributed by atoms with Crippen LogP contribution in [0.1, 0.15) is 56.8 Å². The van der Waals surface area contributed by atoms with Gasteiger partial charge in [-0.1, -0.05) is 43.7 Å². The van der Waals surface area contributed by atoms with Crippen LogP contribution in [-0.4, -0.2) is 51.7 Å². The molecule has 1 aromatic carbocycles. The fourth-order valence-corrected chi connectivity index (χ4v) is 8.30. The van der Waals surface area contributed by atoms with Crippen molar-refractivity contribution in [2.45, 2.75) is 63.8 Å². The predicted molar refractivity (Wildman–Crippen MR) is 130 cm³/mol. The van der Waals surface area contributed by atoms with Crippen molar-refractivity contribution in [1.82, 2.24) is 0 Å². The summed E-state index contributed by atoms with van der Waals surface area (Å²) in [7, 11) is 0. The van der Waals surface area contributed by atoms with Gasteiger partial charge in [-0.05, 0) is 62.8 Å². The molecule has 4 aliphatic carbocycles. The smallest absolute Gasteiger partial charge is 0.339 e. The number of aliphatic hydroxyl groups excluding tert-OH is 2.